The standard InChI is InChI=1S/C32H44F2O3/c1-4-31(18-19-31)26-12-11-25(30(3,33)34)20-24(26)10-13-27(35)28-21(2)29(36)37-32(28)16-14-23(15-17-32)22-8-6-5-7-9-22/h11-12,20-23,28H,4-10,13-19H2,1-3H3. The Bertz CT molecular complexity index is 1010. The normalized spacial score (nSPS) is 31.9. The first-order valence-electron chi connectivity index (χ1n) is 14.9. The number of carbonyl (C=O) groups is 2. The van der Waals surface area contributed by atoms with Gasteiger partial charge in [0.15, 0.2) is 0 Å². The maximum absolute atomic E-state index is 14.2. The number of benzene rings is 1. The summed E-state index contributed by atoms with van der Waals surface area (Å²) in [5.41, 5.74) is 1.42. The zero-order chi connectivity index (χ0) is 26.4. The minimum atomic E-state index is -2.92. The van der Waals surface area contributed by atoms with Crippen molar-refractivity contribution in [2.75, 3.05) is 0 Å². The third-order valence-electron chi connectivity index (χ3n) is 10.6. The van der Waals surface area contributed by atoms with Crippen LogP contribution >= 0.6 is 0 Å². The van der Waals surface area contributed by atoms with E-state index in [-0.39, 0.29) is 29.2 Å². The Balaban J connectivity index is 1.32. The van der Waals surface area contributed by atoms with E-state index in [1.54, 1.807) is 12.1 Å². The largest absolute Gasteiger partial charge is 0.458 e. The zero-order valence-corrected chi connectivity index (χ0v) is 22.9. The molecule has 4 aliphatic rings. The van der Waals surface area contributed by atoms with Crippen LogP contribution in [-0.4, -0.2) is 17.4 Å². The molecule has 3 nitrogen and oxygen atoms in total. The van der Waals surface area contributed by atoms with E-state index in [4.69, 9.17) is 4.74 Å². The van der Waals surface area contributed by atoms with Crippen molar-refractivity contribution in [2.45, 2.75) is 128 Å². The molecular formula is C32H44F2O3. The van der Waals surface area contributed by atoms with Crippen LogP contribution in [0.4, 0.5) is 8.78 Å². The van der Waals surface area contributed by atoms with E-state index in [9.17, 15) is 18.4 Å². The van der Waals surface area contributed by atoms with Crippen molar-refractivity contribution >= 4 is 11.8 Å². The molecule has 2 unspecified atom stereocenters. The van der Waals surface area contributed by atoms with Gasteiger partial charge in [-0.15, -0.1) is 0 Å². The molecule has 1 spiro atoms. The van der Waals surface area contributed by atoms with E-state index < -0.39 is 23.4 Å². The number of ether oxygens (including phenoxy) is 1. The van der Waals surface area contributed by atoms with Gasteiger partial charge in [0.05, 0.1) is 11.8 Å². The molecule has 1 aliphatic heterocycles. The van der Waals surface area contributed by atoms with Crippen molar-refractivity contribution in [3.63, 3.8) is 0 Å². The van der Waals surface area contributed by atoms with Crippen LogP contribution in [0.5, 0.6) is 0 Å². The summed E-state index contributed by atoms with van der Waals surface area (Å²) in [5, 5.41) is 0. The molecule has 5 heteroatoms. The summed E-state index contributed by atoms with van der Waals surface area (Å²) < 4.78 is 34.4. The Morgan fingerprint density at radius 1 is 1.03 bits per heavy atom. The summed E-state index contributed by atoms with van der Waals surface area (Å²) in [6.45, 7) is 4.92. The molecule has 0 N–H and O–H groups in total. The van der Waals surface area contributed by atoms with Gasteiger partial charge in [0.1, 0.15) is 11.4 Å². The Labute approximate surface area is 221 Å². The Morgan fingerprint density at radius 2 is 1.68 bits per heavy atom. The average Bonchev–Trinajstić information content (AvgIpc) is 3.64. The maximum atomic E-state index is 14.2. The number of aryl methyl sites for hydroxylation is 1. The summed E-state index contributed by atoms with van der Waals surface area (Å²) in [5.74, 6) is -2.49. The van der Waals surface area contributed by atoms with E-state index in [1.165, 1.54) is 32.1 Å². The van der Waals surface area contributed by atoms with Gasteiger partial charge in [-0.05, 0) is 85.8 Å². The molecule has 2 atom stereocenters. The van der Waals surface area contributed by atoms with Gasteiger partial charge in [0.25, 0.3) is 5.92 Å². The van der Waals surface area contributed by atoms with Crippen LogP contribution in [0, 0.1) is 23.7 Å². The SMILES string of the molecule is CCC1(c2ccc(C(C)(F)F)cc2CCC(=O)C2C(C)C(=O)OC23CCC(C2CCCCC2)CC3)CC1. The van der Waals surface area contributed by atoms with Gasteiger partial charge >= 0.3 is 5.97 Å². The van der Waals surface area contributed by atoms with Crippen molar-refractivity contribution < 1.29 is 23.1 Å². The maximum Gasteiger partial charge on any atom is 0.310 e. The zero-order valence-electron chi connectivity index (χ0n) is 22.9. The van der Waals surface area contributed by atoms with E-state index in [0.717, 1.165) is 68.9 Å². The minimum absolute atomic E-state index is 0.0100. The summed E-state index contributed by atoms with van der Waals surface area (Å²) in [7, 11) is 0. The number of hydrogen-bond acceptors (Lipinski definition) is 3. The van der Waals surface area contributed by atoms with Gasteiger partial charge in [-0.1, -0.05) is 58.1 Å². The van der Waals surface area contributed by atoms with Crippen molar-refractivity contribution in [2.24, 2.45) is 23.7 Å². The summed E-state index contributed by atoms with van der Waals surface area (Å²) in [6.07, 6.45) is 14.1. The monoisotopic (exact) mass is 514 g/mol. The smallest absolute Gasteiger partial charge is 0.310 e. The molecule has 0 amide bonds. The first-order chi connectivity index (χ1) is 17.6. The van der Waals surface area contributed by atoms with Crippen molar-refractivity contribution in [3.05, 3.63) is 34.9 Å². The van der Waals surface area contributed by atoms with Crippen molar-refractivity contribution in [1.29, 1.82) is 0 Å². The van der Waals surface area contributed by atoms with Crippen LogP contribution in [0.1, 0.15) is 121 Å². The molecule has 1 heterocycles. The average molecular weight is 515 g/mol. The van der Waals surface area contributed by atoms with Crippen LogP contribution in [0.2, 0.25) is 0 Å². The number of Topliss-reactive ketones (excluding diaryl/α,β-unsaturated/α-hetero) is 1. The fourth-order valence-corrected chi connectivity index (χ4v) is 8.11. The highest BCUT2D eigenvalue weighted by Gasteiger charge is 2.57. The lowest BCUT2D eigenvalue weighted by molar-refractivity contribution is -0.155. The van der Waals surface area contributed by atoms with Gasteiger partial charge in [0, 0.05) is 18.9 Å². The molecule has 0 bridgehead atoms. The molecule has 1 saturated heterocycles. The number of alkyl halides is 2. The third-order valence-corrected chi connectivity index (χ3v) is 10.6. The molecule has 3 aliphatic carbocycles. The van der Waals surface area contributed by atoms with Crippen molar-refractivity contribution in [3.8, 4) is 0 Å². The number of carbonyl (C=O) groups excluding carboxylic acids is 2. The predicted molar refractivity (Wildman–Crippen MR) is 141 cm³/mol. The second kappa shape index (κ2) is 10.1. The Morgan fingerprint density at radius 3 is 2.27 bits per heavy atom. The highest BCUT2D eigenvalue weighted by atomic mass is 19.3. The molecule has 4 fully saturated rings. The van der Waals surface area contributed by atoms with E-state index in [0.29, 0.717) is 12.3 Å². The second-order valence-corrected chi connectivity index (χ2v) is 12.8. The first-order valence-corrected chi connectivity index (χ1v) is 14.9. The Kier molecular flexibility index (Phi) is 7.30. The van der Waals surface area contributed by atoms with Crippen molar-refractivity contribution in [1.82, 2.24) is 0 Å². The fraction of sp³-hybridized carbons (Fsp3) is 0.750. The molecule has 3 saturated carbocycles. The number of halogens is 2. The number of ketones is 1. The number of esters is 1. The molecule has 1 aromatic carbocycles. The fourth-order valence-electron chi connectivity index (χ4n) is 8.11. The number of hydrogen-bond donors (Lipinski definition) is 0. The highest BCUT2D eigenvalue weighted by Crippen LogP contribution is 2.53. The van der Waals surface area contributed by atoms with Crippen LogP contribution in [0.15, 0.2) is 18.2 Å². The molecular weight excluding hydrogens is 470 g/mol. The van der Waals surface area contributed by atoms with Gasteiger partial charge < -0.3 is 4.74 Å². The van der Waals surface area contributed by atoms with E-state index in [2.05, 4.69) is 6.92 Å². The molecule has 204 valence electrons. The van der Waals surface area contributed by atoms with Crippen LogP contribution in [0.3, 0.4) is 0 Å². The van der Waals surface area contributed by atoms with E-state index in [1.807, 2.05) is 13.0 Å². The van der Waals surface area contributed by atoms with Gasteiger partial charge in [0.2, 0.25) is 0 Å². The summed E-state index contributed by atoms with van der Waals surface area (Å²) >= 11 is 0. The molecule has 0 radical (unpaired) electrons. The second-order valence-electron chi connectivity index (χ2n) is 12.8. The molecule has 0 aromatic heterocycles. The quantitative estimate of drug-likeness (QED) is 0.330. The lowest BCUT2D eigenvalue weighted by atomic mass is 9.64. The minimum Gasteiger partial charge on any atom is -0.458 e. The van der Waals surface area contributed by atoms with Gasteiger partial charge in [-0.3, -0.25) is 9.59 Å². The topological polar surface area (TPSA) is 43.4 Å². The van der Waals surface area contributed by atoms with Gasteiger partial charge in [-0.2, -0.15) is 0 Å². The summed E-state index contributed by atoms with van der Waals surface area (Å²) in [6, 6.07) is 5.06. The van der Waals surface area contributed by atoms with E-state index >= 15 is 0 Å². The summed E-state index contributed by atoms with van der Waals surface area (Å²) in [4.78, 5) is 26.5. The Hall–Kier alpha value is -1.78. The molecule has 37 heavy (non-hydrogen) atoms. The lowest BCUT2D eigenvalue weighted by Gasteiger charge is -2.42. The first kappa shape index (κ1) is 26.8. The van der Waals surface area contributed by atoms with Crippen LogP contribution < -0.4 is 0 Å². The molecule has 1 aromatic rings. The highest BCUT2D eigenvalue weighted by molar-refractivity contribution is 5.90. The van der Waals surface area contributed by atoms with Crippen LogP contribution in [0.25, 0.3) is 0 Å². The predicted octanol–water partition coefficient (Wildman–Crippen LogP) is 8.06. The third kappa shape index (κ3) is 5.13. The molecule has 5 rings (SSSR count). The van der Waals surface area contributed by atoms with Gasteiger partial charge in [-0.25, -0.2) is 8.78 Å². The van der Waals surface area contributed by atoms with Crippen LogP contribution in [-0.2, 0) is 32.1 Å². The lowest BCUT2D eigenvalue weighted by Crippen LogP contribution is -2.45. The number of rotatable bonds is 8.